The first-order valence-corrected chi connectivity index (χ1v) is 4.66. The highest BCUT2D eigenvalue weighted by Crippen LogP contribution is 2.10. The lowest BCUT2D eigenvalue weighted by molar-refractivity contribution is 0.251. The summed E-state index contributed by atoms with van der Waals surface area (Å²) in [6, 6.07) is 3.89. The highest BCUT2D eigenvalue weighted by molar-refractivity contribution is 5.68. The molecule has 16 heavy (non-hydrogen) atoms. The van der Waals surface area contributed by atoms with E-state index in [1.165, 1.54) is 0 Å². The van der Waals surface area contributed by atoms with E-state index < -0.39 is 0 Å². The third-order valence-corrected chi connectivity index (χ3v) is 2.02. The molecule has 0 aliphatic rings. The number of ether oxygens (including phenoxy) is 1. The average molecular weight is 215 g/mol. The molecule has 0 aliphatic carbocycles. The average Bonchev–Trinajstić information content (AvgIpc) is 2.97. The Kier molecular flexibility index (Phi) is 2.03. The molecule has 3 heterocycles. The van der Waals surface area contributed by atoms with Gasteiger partial charge in [-0.25, -0.2) is 9.97 Å². The van der Waals surface area contributed by atoms with Crippen molar-refractivity contribution in [3.05, 3.63) is 36.7 Å². The molecule has 3 aromatic heterocycles. The summed E-state index contributed by atoms with van der Waals surface area (Å²) in [7, 11) is 0. The fourth-order valence-corrected chi connectivity index (χ4v) is 1.27. The summed E-state index contributed by atoms with van der Waals surface area (Å²) in [5.74, 6) is 0.720. The van der Waals surface area contributed by atoms with Crippen LogP contribution in [-0.2, 0) is 6.61 Å². The molecule has 6 heteroatoms. The van der Waals surface area contributed by atoms with Gasteiger partial charge in [-0.2, -0.15) is 4.98 Å². The highest BCUT2D eigenvalue weighted by Gasteiger charge is 2.04. The van der Waals surface area contributed by atoms with Crippen LogP contribution in [0.25, 0.3) is 11.2 Å². The number of imidazole rings is 1. The minimum absolute atomic E-state index is 0.268. The molecule has 1 radical (unpaired) electrons. The van der Waals surface area contributed by atoms with Gasteiger partial charge in [0, 0.05) is 0 Å². The van der Waals surface area contributed by atoms with E-state index in [2.05, 4.69) is 26.3 Å². The van der Waals surface area contributed by atoms with Crippen LogP contribution in [0.2, 0.25) is 0 Å². The number of nitrogens with zero attached hydrogens (tertiary/aromatic N) is 3. The summed E-state index contributed by atoms with van der Waals surface area (Å²) >= 11 is 0. The van der Waals surface area contributed by atoms with Crippen molar-refractivity contribution in [3.63, 3.8) is 0 Å². The first-order valence-electron chi connectivity index (χ1n) is 4.66. The molecule has 0 saturated carbocycles. The molecule has 0 aliphatic heterocycles. The van der Waals surface area contributed by atoms with Gasteiger partial charge in [-0.15, -0.1) is 0 Å². The van der Waals surface area contributed by atoms with E-state index in [1.54, 1.807) is 18.5 Å². The number of aromatic nitrogens is 4. The second-order valence-corrected chi connectivity index (χ2v) is 3.11. The number of H-pyrrole nitrogens is 1. The van der Waals surface area contributed by atoms with E-state index in [9.17, 15) is 0 Å². The van der Waals surface area contributed by atoms with Gasteiger partial charge in [-0.05, 0) is 12.1 Å². The fraction of sp³-hybridized carbons (Fsp3) is 0.100. The van der Waals surface area contributed by atoms with E-state index in [0.29, 0.717) is 12.3 Å². The van der Waals surface area contributed by atoms with Gasteiger partial charge in [0.25, 0.3) is 0 Å². The van der Waals surface area contributed by atoms with Gasteiger partial charge >= 0.3 is 6.01 Å². The molecule has 0 unspecified atom stereocenters. The van der Waals surface area contributed by atoms with E-state index >= 15 is 0 Å². The van der Waals surface area contributed by atoms with Crippen LogP contribution in [0.1, 0.15) is 5.76 Å². The summed E-state index contributed by atoms with van der Waals surface area (Å²) < 4.78 is 10.5. The summed E-state index contributed by atoms with van der Waals surface area (Å²) in [6.45, 7) is 0.298. The monoisotopic (exact) mass is 215 g/mol. The van der Waals surface area contributed by atoms with Gasteiger partial charge < -0.3 is 14.1 Å². The van der Waals surface area contributed by atoms with E-state index in [1.807, 2.05) is 6.07 Å². The maximum atomic E-state index is 5.34. The second-order valence-electron chi connectivity index (χ2n) is 3.11. The second kappa shape index (κ2) is 3.65. The van der Waals surface area contributed by atoms with Gasteiger partial charge in [0.05, 0.1) is 12.5 Å². The lowest BCUT2D eigenvalue weighted by atomic mass is 10.5. The Morgan fingerprint density at radius 2 is 2.50 bits per heavy atom. The SMILES string of the molecule is [c]1nc2nc(OCc3ccco3)ncc2[nH]1. The molecule has 1 N–H and O–H groups in total. The molecule has 79 valence electrons. The van der Waals surface area contributed by atoms with Crippen LogP contribution in [0, 0.1) is 6.33 Å². The molecule has 0 fully saturated rings. The molecule has 0 bridgehead atoms. The lowest BCUT2D eigenvalue weighted by Gasteiger charge is -2.00. The van der Waals surface area contributed by atoms with E-state index in [4.69, 9.17) is 9.15 Å². The zero-order valence-corrected chi connectivity index (χ0v) is 8.17. The van der Waals surface area contributed by atoms with Gasteiger partial charge in [0.1, 0.15) is 17.9 Å². The van der Waals surface area contributed by atoms with Gasteiger partial charge in [0.2, 0.25) is 0 Å². The Morgan fingerprint density at radius 1 is 1.50 bits per heavy atom. The van der Waals surface area contributed by atoms with Crippen molar-refractivity contribution in [2.75, 3.05) is 0 Å². The molecule has 3 aromatic rings. The predicted octanol–water partition coefficient (Wildman–Crippen LogP) is 1.33. The maximum absolute atomic E-state index is 5.34. The van der Waals surface area contributed by atoms with Gasteiger partial charge in [-0.3, -0.25) is 0 Å². The molecule has 0 spiro atoms. The zero-order chi connectivity index (χ0) is 10.8. The molecular formula is C10H7N4O2. The Labute approximate surface area is 90.3 Å². The first kappa shape index (κ1) is 8.90. The minimum Gasteiger partial charge on any atom is -0.466 e. The minimum atomic E-state index is 0.268. The summed E-state index contributed by atoms with van der Waals surface area (Å²) in [6.07, 6.45) is 5.77. The molecule has 0 amide bonds. The van der Waals surface area contributed by atoms with Crippen LogP contribution < -0.4 is 4.74 Å². The van der Waals surface area contributed by atoms with Crippen LogP contribution in [0.15, 0.2) is 29.0 Å². The number of hydrogen-bond acceptors (Lipinski definition) is 5. The standard InChI is InChI=1S/C10H7N4O2/c1-2-7(15-3-1)5-16-10-11-4-8-9(14-10)13-6-12-8/h1-4H,5H2,(H,11,12,13,14). The van der Waals surface area contributed by atoms with Crippen molar-refractivity contribution in [1.29, 1.82) is 0 Å². The van der Waals surface area contributed by atoms with E-state index in [0.717, 1.165) is 11.3 Å². The van der Waals surface area contributed by atoms with Crippen LogP contribution >= 0.6 is 0 Å². The molecule has 0 saturated heterocycles. The number of hydrogen-bond donors (Lipinski definition) is 1. The molecular weight excluding hydrogens is 208 g/mol. The highest BCUT2D eigenvalue weighted by atomic mass is 16.5. The van der Waals surface area contributed by atoms with Crippen LogP contribution in [0.4, 0.5) is 0 Å². The maximum Gasteiger partial charge on any atom is 0.318 e. The number of nitrogens with one attached hydrogen (secondary N) is 1. The number of aromatic amines is 1. The van der Waals surface area contributed by atoms with Crippen LogP contribution in [-0.4, -0.2) is 19.9 Å². The lowest BCUT2D eigenvalue weighted by Crippen LogP contribution is -1.98. The van der Waals surface area contributed by atoms with Gasteiger partial charge in [0.15, 0.2) is 12.0 Å². The Hall–Kier alpha value is -2.37. The molecule has 3 rings (SSSR count). The third kappa shape index (κ3) is 1.60. The van der Waals surface area contributed by atoms with E-state index in [-0.39, 0.29) is 6.01 Å². The normalized spacial score (nSPS) is 10.8. The summed E-state index contributed by atoms with van der Waals surface area (Å²) in [5.41, 5.74) is 1.26. The quantitative estimate of drug-likeness (QED) is 0.713. The van der Waals surface area contributed by atoms with Crippen LogP contribution in [0.3, 0.4) is 0 Å². The number of fused-ring (bicyclic) bond motifs is 1. The van der Waals surface area contributed by atoms with Crippen molar-refractivity contribution in [2.45, 2.75) is 6.61 Å². The summed E-state index contributed by atoms with van der Waals surface area (Å²) in [4.78, 5) is 14.8. The Bertz CT molecular complexity index is 588. The van der Waals surface area contributed by atoms with Crippen molar-refractivity contribution < 1.29 is 9.15 Å². The fourth-order valence-electron chi connectivity index (χ4n) is 1.27. The largest absolute Gasteiger partial charge is 0.466 e. The first-order chi connectivity index (χ1) is 7.92. The van der Waals surface area contributed by atoms with Crippen molar-refractivity contribution >= 4 is 11.2 Å². The van der Waals surface area contributed by atoms with Crippen LogP contribution in [0.5, 0.6) is 6.01 Å². The van der Waals surface area contributed by atoms with Gasteiger partial charge in [-0.1, -0.05) is 0 Å². The predicted molar refractivity (Wildman–Crippen MR) is 53.6 cm³/mol. The summed E-state index contributed by atoms with van der Waals surface area (Å²) in [5, 5.41) is 0. The number of furan rings is 1. The van der Waals surface area contributed by atoms with Crippen molar-refractivity contribution in [1.82, 2.24) is 19.9 Å². The zero-order valence-electron chi connectivity index (χ0n) is 8.17. The molecule has 0 aromatic carbocycles. The van der Waals surface area contributed by atoms with Crippen molar-refractivity contribution in [2.24, 2.45) is 0 Å². The topological polar surface area (TPSA) is 76.8 Å². The smallest absolute Gasteiger partial charge is 0.318 e. The Balaban J connectivity index is 1.78. The van der Waals surface area contributed by atoms with Crippen molar-refractivity contribution in [3.8, 4) is 6.01 Å². The third-order valence-electron chi connectivity index (χ3n) is 2.02. The molecule has 0 atom stereocenters. The Morgan fingerprint density at radius 3 is 3.38 bits per heavy atom. The molecule has 6 nitrogen and oxygen atoms in total. The number of rotatable bonds is 3.